The molecule has 0 radical (unpaired) electrons. The summed E-state index contributed by atoms with van der Waals surface area (Å²) >= 11 is 0. The quantitative estimate of drug-likeness (QED) is 0.896. The number of nitrogens with one attached hydrogen (secondary N) is 1. The molecule has 5 heteroatoms. The molecule has 0 saturated carbocycles. The Bertz CT molecular complexity index is 541. The minimum Gasteiger partial charge on any atom is -0.314 e. The molecule has 1 saturated heterocycles. The van der Waals surface area contributed by atoms with Crippen LogP contribution in [0.1, 0.15) is 26.3 Å². The lowest BCUT2D eigenvalue weighted by molar-refractivity contribution is 0.359. The Hall–Kier alpha value is -0.910. The summed E-state index contributed by atoms with van der Waals surface area (Å²) in [7, 11) is -3.38. The molecule has 1 aromatic carbocycles. The summed E-state index contributed by atoms with van der Waals surface area (Å²) in [5, 5.41) is 3.18. The first-order valence-electron chi connectivity index (χ1n) is 6.64. The molecular formula is C14H22N2O2S. The van der Waals surface area contributed by atoms with Gasteiger partial charge >= 0.3 is 0 Å². The third kappa shape index (κ3) is 2.99. The summed E-state index contributed by atoms with van der Waals surface area (Å²) in [6.45, 7) is 8.65. The predicted molar refractivity (Wildman–Crippen MR) is 76.8 cm³/mol. The lowest BCUT2D eigenvalue weighted by Gasteiger charge is -2.29. The van der Waals surface area contributed by atoms with Gasteiger partial charge in [0.25, 0.3) is 0 Å². The molecule has 1 aromatic rings. The summed E-state index contributed by atoms with van der Waals surface area (Å²) in [4.78, 5) is 0.449. The Morgan fingerprint density at radius 3 is 2.26 bits per heavy atom. The first-order valence-corrected chi connectivity index (χ1v) is 8.08. The van der Waals surface area contributed by atoms with Gasteiger partial charge < -0.3 is 5.32 Å². The molecular weight excluding hydrogens is 260 g/mol. The van der Waals surface area contributed by atoms with Gasteiger partial charge in [0.2, 0.25) is 10.0 Å². The van der Waals surface area contributed by atoms with E-state index in [-0.39, 0.29) is 5.41 Å². The van der Waals surface area contributed by atoms with Crippen LogP contribution in [0.3, 0.4) is 0 Å². The second-order valence-corrected chi connectivity index (χ2v) is 7.81. The van der Waals surface area contributed by atoms with Crippen LogP contribution < -0.4 is 5.32 Å². The van der Waals surface area contributed by atoms with Crippen molar-refractivity contribution in [2.45, 2.75) is 31.1 Å². The van der Waals surface area contributed by atoms with Crippen LogP contribution in [0.25, 0.3) is 0 Å². The summed E-state index contributed by atoms with van der Waals surface area (Å²) in [5.74, 6) is 0. The Morgan fingerprint density at radius 1 is 1.11 bits per heavy atom. The Labute approximate surface area is 115 Å². The average Bonchev–Trinajstić information content (AvgIpc) is 2.39. The van der Waals surface area contributed by atoms with Crippen LogP contribution in [0.4, 0.5) is 0 Å². The van der Waals surface area contributed by atoms with Gasteiger partial charge in [-0.25, -0.2) is 8.42 Å². The molecule has 4 nitrogen and oxygen atoms in total. The lowest BCUT2D eigenvalue weighted by Crippen LogP contribution is -2.46. The third-order valence-electron chi connectivity index (χ3n) is 3.39. The molecule has 2 rings (SSSR count). The van der Waals surface area contributed by atoms with Gasteiger partial charge in [0.1, 0.15) is 0 Å². The van der Waals surface area contributed by atoms with Crippen molar-refractivity contribution < 1.29 is 8.42 Å². The van der Waals surface area contributed by atoms with E-state index >= 15 is 0 Å². The van der Waals surface area contributed by atoms with E-state index in [1.165, 1.54) is 0 Å². The van der Waals surface area contributed by atoms with E-state index in [2.05, 4.69) is 5.32 Å². The monoisotopic (exact) mass is 282 g/mol. The van der Waals surface area contributed by atoms with E-state index in [0.717, 1.165) is 18.7 Å². The number of piperazine rings is 1. The van der Waals surface area contributed by atoms with Crippen molar-refractivity contribution in [1.29, 1.82) is 0 Å². The van der Waals surface area contributed by atoms with Crippen molar-refractivity contribution in [2.24, 2.45) is 0 Å². The van der Waals surface area contributed by atoms with Gasteiger partial charge in [-0.2, -0.15) is 4.31 Å². The predicted octanol–water partition coefficient (Wildman–Crippen LogP) is 1.58. The zero-order valence-electron chi connectivity index (χ0n) is 11.8. The fraction of sp³-hybridized carbons (Fsp3) is 0.571. The van der Waals surface area contributed by atoms with Crippen LogP contribution in [0, 0.1) is 0 Å². The van der Waals surface area contributed by atoms with Gasteiger partial charge in [-0.1, -0.05) is 39.0 Å². The Balaban J connectivity index is 2.46. The minimum absolute atomic E-state index is 0.183. The summed E-state index contributed by atoms with van der Waals surface area (Å²) < 4.78 is 27.1. The van der Waals surface area contributed by atoms with Crippen molar-refractivity contribution >= 4 is 10.0 Å². The van der Waals surface area contributed by atoms with Gasteiger partial charge in [-0.15, -0.1) is 0 Å². The maximum atomic E-state index is 12.8. The van der Waals surface area contributed by atoms with Crippen molar-refractivity contribution in [1.82, 2.24) is 9.62 Å². The number of hydrogen-bond acceptors (Lipinski definition) is 3. The normalized spacial score (nSPS) is 18.5. The molecule has 1 N–H and O–H groups in total. The molecule has 1 aliphatic heterocycles. The second-order valence-electron chi connectivity index (χ2n) is 5.90. The third-order valence-corrected chi connectivity index (χ3v) is 5.35. The minimum atomic E-state index is -3.38. The molecule has 1 fully saturated rings. The van der Waals surface area contributed by atoms with Crippen LogP contribution >= 0.6 is 0 Å². The standard InChI is InChI=1S/C14H22N2O2S/c1-14(2,3)12-6-4-5-7-13(12)19(17,18)16-10-8-15-9-11-16/h4-7,15H,8-11H2,1-3H3. The van der Waals surface area contributed by atoms with Gasteiger partial charge in [0.05, 0.1) is 4.90 Å². The molecule has 0 unspecified atom stereocenters. The van der Waals surface area contributed by atoms with E-state index in [9.17, 15) is 8.42 Å². The van der Waals surface area contributed by atoms with E-state index in [1.807, 2.05) is 32.9 Å². The van der Waals surface area contributed by atoms with Crippen LogP contribution in [-0.4, -0.2) is 38.9 Å². The smallest absolute Gasteiger partial charge is 0.243 e. The van der Waals surface area contributed by atoms with Crippen molar-refractivity contribution in [2.75, 3.05) is 26.2 Å². The number of rotatable bonds is 2. The van der Waals surface area contributed by atoms with E-state index in [4.69, 9.17) is 0 Å². The van der Waals surface area contributed by atoms with E-state index in [0.29, 0.717) is 18.0 Å². The topological polar surface area (TPSA) is 49.4 Å². The van der Waals surface area contributed by atoms with Gasteiger partial charge in [-0.05, 0) is 17.0 Å². The van der Waals surface area contributed by atoms with Crippen LogP contribution in [0.2, 0.25) is 0 Å². The lowest BCUT2D eigenvalue weighted by atomic mass is 9.87. The largest absolute Gasteiger partial charge is 0.314 e. The van der Waals surface area contributed by atoms with E-state index < -0.39 is 10.0 Å². The first-order chi connectivity index (χ1) is 8.83. The second kappa shape index (κ2) is 5.23. The van der Waals surface area contributed by atoms with Crippen molar-refractivity contribution in [3.8, 4) is 0 Å². The summed E-state index contributed by atoms with van der Waals surface area (Å²) in [6, 6.07) is 7.33. The van der Waals surface area contributed by atoms with Crippen molar-refractivity contribution in [3.63, 3.8) is 0 Å². The molecule has 0 bridgehead atoms. The molecule has 1 heterocycles. The maximum Gasteiger partial charge on any atom is 0.243 e. The highest BCUT2D eigenvalue weighted by Crippen LogP contribution is 2.30. The van der Waals surface area contributed by atoms with Gasteiger partial charge in [0, 0.05) is 26.2 Å². The van der Waals surface area contributed by atoms with E-state index in [1.54, 1.807) is 16.4 Å². The number of sulfonamides is 1. The summed E-state index contributed by atoms with van der Waals surface area (Å²) in [5.41, 5.74) is 0.700. The Morgan fingerprint density at radius 2 is 1.68 bits per heavy atom. The maximum absolute atomic E-state index is 12.8. The average molecular weight is 282 g/mol. The highest BCUT2D eigenvalue weighted by Gasteiger charge is 2.30. The first kappa shape index (κ1) is 14.5. The molecule has 0 amide bonds. The zero-order valence-corrected chi connectivity index (χ0v) is 12.6. The molecule has 0 aromatic heterocycles. The fourth-order valence-electron chi connectivity index (χ4n) is 2.33. The van der Waals surface area contributed by atoms with Crippen molar-refractivity contribution in [3.05, 3.63) is 29.8 Å². The SMILES string of the molecule is CC(C)(C)c1ccccc1S(=O)(=O)N1CCNCC1. The molecule has 19 heavy (non-hydrogen) atoms. The molecule has 0 aliphatic carbocycles. The number of hydrogen-bond donors (Lipinski definition) is 1. The summed E-state index contributed by atoms with van der Waals surface area (Å²) in [6.07, 6.45) is 0. The van der Waals surface area contributed by atoms with Gasteiger partial charge in [0.15, 0.2) is 0 Å². The highest BCUT2D eigenvalue weighted by molar-refractivity contribution is 7.89. The molecule has 1 aliphatic rings. The van der Waals surface area contributed by atoms with Crippen LogP contribution in [0.15, 0.2) is 29.2 Å². The molecule has 106 valence electrons. The highest BCUT2D eigenvalue weighted by atomic mass is 32.2. The number of benzene rings is 1. The fourth-order valence-corrected chi connectivity index (χ4v) is 4.18. The zero-order chi connectivity index (χ0) is 14.1. The molecule has 0 atom stereocenters. The van der Waals surface area contributed by atoms with Crippen LogP contribution in [0.5, 0.6) is 0 Å². The van der Waals surface area contributed by atoms with Crippen LogP contribution in [-0.2, 0) is 15.4 Å². The van der Waals surface area contributed by atoms with Gasteiger partial charge in [-0.3, -0.25) is 0 Å². The number of nitrogens with zero attached hydrogens (tertiary/aromatic N) is 1. The Kier molecular flexibility index (Phi) is 3.99. The molecule has 0 spiro atoms.